The van der Waals surface area contributed by atoms with Gasteiger partial charge >= 0.3 is 0 Å². The van der Waals surface area contributed by atoms with E-state index in [0.717, 1.165) is 57.8 Å². The number of hydrogen-bond acceptors (Lipinski definition) is 9. The Bertz CT molecular complexity index is 2340. The van der Waals surface area contributed by atoms with Crippen molar-refractivity contribution in [1.29, 1.82) is 0 Å². The van der Waals surface area contributed by atoms with E-state index in [1.807, 2.05) is 85.1 Å². The lowest BCUT2D eigenvalue weighted by atomic mass is 10.0. The van der Waals surface area contributed by atoms with Gasteiger partial charge in [0.2, 0.25) is 23.6 Å². The van der Waals surface area contributed by atoms with Crippen LogP contribution in [0.5, 0.6) is 0 Å². The second-order valence-electron chi connectivity index (χ2n) is 15.8. The zero-order chi connectivity index (χ0) is 43.8. The van der Waals surface area contributed by atoms with Gasteiger partial charge in [0.25, 0.3) is 0 Å². The molecule has 0 saturated carbocycles. The number of para-hydroxylation sites is 2. The molecule has 16 heteroatoms. The van der Waals surface area contributed by atoms with Gasteiger partial charge < -0.3 is 58.1 Å². The number of aromatic amines is 3. The summed E-state index contributed by atoms with van der Waals surface area (Å²) in [6, 6.07) is 20.3. The molecule has 0 bridgehead atoms. The Morgan fingerprint density at radius 2 is 1.27 bits per heavy atom. The van der Waals surface area contributed by atoms with E-state index in [1.165, 1.54) is 13.3 Å². The number of nitrogens with one attached hydrogen (secondary N) is 8. The zero-order valence-electron chi connectivity index (χ0n) is 35.0. The fourth-order valence-corrected chi connectivity index (χ4v) is 7.62. The van der Waals surface area contributed by atoms with Crippen molar-refractivity contribution in [2.24, 2.45) is 11.5 Å². The Hall–Kier alpha value is -6.33. The van der Waals surface area contributed by atoms with E-state index in [1.54, 1.807) is 12.4 Å². The molecular formula is C46H59N11O5. The van der Waals surface area contributed by atoms with Crippen molar-refractivity contribution in [3.05, 3.63) is 126 Å². The summed E-state index contributed by atoms with van der Waals surface area (Å²) in [6.07, 6.45) is 10.0. The Kier molecular flexibility index (Phi) is 16.4. The molecule has 0 aliphatic rings. The molecule has 6 rings (SSSR count). The lowest BCUT2D eigenvalue weighted by Gasteiger charge is -2.27. The highest BCUT2D eigenvalue weighted by Gasteiger charge is 2.31. The summed E-state index contributed by atoms with van der Waals surface area (Å²) in [7, 11) is 0. The van der Waals surface area contributed by atoms with Crippen LogP contribution in [-0.4, -0.2) is 105 Å². The average Bonchev–Trinajstić information content (AvgIpc) is 4.05. The third-order valence-corrected chi connectivity index (χ3v) is 11.1. The van der Waals surface area contributed by atoms with Crippen molar-refractivity contribution in [3.8, 4) is 0 Å². The van der Waals surface area contributed by atoms with Crippen LogP contribution in [0.4, 0.5) is 0 Å². The molecule has 62 heavy (non-hydrogen) atoms. The van der Waals surface area contributed by atoms with Gasteiger partial charge in [-0.05, 0) is 61.6 Å². The van der Waals surface area contributed by atoms with Crippen LogP contribution in [0.3, 0.4) is 0 Å². The van der Waals surface area contributed by atoms with E-state index in [2.05, 4.69) is 46.5 Å². The Balaban J connectivity index is 1.19. The molecule has 3 aromatic heterocycles. The van der Waals surface area contributed by atoms with Crippen LogP contribution < -0.4 is 38.1 Å². The highest BCUT2D eigenvalue weighted by molar-refractivity contribution is 5.96. The van der Waals surface area contributed by atoms with E-state index in [9.17, 15) is 24.3 Å². The Morgan fingerprint density at radius 1 is 0.677 bits per heavy atom. The molecule has 0 unspecified atom stereocenters. The van der Waals surface area contributed by atoms with Crippen molar-refractivity contribution in [1.82, 2.24) is 46.5 Å². The van der Waals surface area contributed by atoms with Gasteiger partial charge in [-0.15, -0.1) is 0 Å². The molecule has 4 amide bonds. The lowest BCUT2D eigenvalue weighted by Crippen LogP contribution is -2.58. The molecule has 0 aliphatic carbocycles. The van der Waals surface area contributed by atoms with Crippen LogP contribution in [0.15, 0.2) is 104 Å². The number of amides is 4. The SMILES string of the molecule is C[C@H](NC(=O)[C@@H](Cc1c[nH]c2ccccc12)NC(=O)[C@@H](N)Cc1cnc[nH]1)C(=O)N[C@@H](Cc1c[nH]c2ccccc12)C(=O)N[C@@H](CN[C@H](CO)CCCCN)Cc1ccccc1. The third kappa shape index (κ3) is 12.6. The maximum absolute atomic E-state index is 14.4. The molecule has 328 valence electrons. The van der Waals surface area contributed by atoms with E-state index < -0.39 is 53.8 Å². The third-order valence-electron chi connectivity index (χ3n) is 11.1. The molecule has 0 aliphatic heterocycles. The number of carbonyl (C=O) groups is 4. The summed E-state index contributed by atoms with van der Waals surface area (Å²) in [6.45, 7) is 2.40. The molecule has 6 aromatic rings. The molecular weight excluding hydrogens is 787 g/mol. The van der Waals surface area contributed by atoms with Crippen molar-refractivity contribution in [2.75, 3.05) is 19.7 Å². The van der Waals surface area contributed by atoms with Gasteiger partial charge in [0.15, 0.2) is 0 Å². The second kappa shape index (κ2) is 22.5. The first-order valence-corrected chi connectivity index (χ1v) is 21.2. The van der Waals surface area contributed by atoms with Gasteiger partial charge in [-0.1, -0.05) is 73.2 Å². The number of carbonyl (C=O) groups excluding carboxylic acids is 4. The number of nitrogens with zero attached hydrogens (tertiary/aromatic N) is 1. The summed E-state index contributed by atoms with van der Waals surface area (Å²) >= 11 is 0. The second-order valence-corrected chi connectivity index (χ2v) is 15.8. The molecule has 0 saturated heterocycles. The number of hydrogen-bond donors (Lipinski definition) is 11. The average molecular weight is 846 g/mol. The number of aliphatic hydroxyl groups is 1. The predicted molar refractivity (Wildman–Crippen MR) is 240 cm³/mol. The molecule has 0 radical (unpaired) electrons. The van der Waals surface area contributed by atoms with Crippen LogP contribution in [0.2, 0.25) is 0 Å². The number of nitrogens with two attached hydrogens (primary N) is 2. The minimum absolute atomic E-state index is 0.0657. The number of benzene rings is 3. The number of aromatic nitrogens is 4. The van der Waals surface area contributed by atoms with Gasteiger partial charge in [-0.3, -0.25) is 19.2 Å². The van der Waals surface area contributed by atoms with E-state index in [0.29, 0.717) is 25.2 Å². The first-order chi connectivity index (χ1) is 30.1. The minimum atomic E-state index is -1.11. The van der Waals surface area contributed by atoms with Crippen LogP contribution in [0.25, 0.3) is 21.8 Å². The van der Waals surface area contributed by atoms with E-state index in [4.69, 9.17) is 11.5 Å². The number of H-pyrrole nitrogens is 3. The fraction of sp³-hybridized carbons (Fsp3) is 0.370. The number of unbranched alkanes of at least 4 members (excludes halogenated alkanes) is 1. The van der Waals surface area contributed by atoms with Crippen molar-refractivity contribution in [2.45, 2.75) is 88.1 Å². The number of aliphatic hydroxyl groups excluding tert-OH is 1. The van der Waals surface area contributed by atoms with Gasteiger partial charge in [0, 0.05) is 84.0 Å². The maximum atomic E-state index is 14.4. The minimum Gasteiger partial charge on any atom is -0.395 e. The Labute approximate surface area is 360 Å². The molecule has 3 heterocycles. The summed E-state index contributed by atoms with van der Waals surface area (Å²) in [5, 5.41) is 27.0. The van der Waals surface area contributed by atoms with Crippen LogP contribution in [0, 0.1) is 0 Å². The topological polar surface area (TPSA) is 261 Å². The van der Waals surface area contributed by atoms with Crippen molar-refractivity contribution in [3.63, 3.8) is 0 Å². The standard InChI is InChI=1S/C46H59N11O5/c1-29(54-45(61)41(20-31-23-51-39-16-7-5-14-36(31)39)57-44(60)38(48)22-34-25-49-28-53-34)43(59)56-42(21-32-24-52-40-17-8-6-15-37(32)40)46(62)55-35(19-30-11-3-2-4-12-30)26-50-33(27-58)13-9-10-18-47/h2-8,11-12,14-17,23-25,28-29,33,35,38,41-42,50-52,58H,9-10,13,18-22,26-27,47-48H2,1H3,(H,49,53)(H,54,61)(H,55,62)(H,56,59)(H,57,60)/t29-,33-,35+,38-,41+,42-/m0/s1. The Morgan fingerprint density at radius 3 is 1.87 bits per heavy atom. The molecule has 6 atom stereocenters. The molecule has 0 fully saturated rings. The van der Waals surface area contributed by atoms with Gasteiger partial charge in [-0.2, -0.15) is 0 Å². The van der Waals surface area contributed by atoms with Gasteiger partial charge in [0.1, 0.15) is 18.1 Å². The molecule has 0 spiro atoms. The normalized spacial score (nSPS) is 14.4. The summed E-state index contributed by atoms with van der Waals surface area (Å²) in [4.78, 5) is 69.4. The van der Waals surface area contributed by atoms with Gasteiger partial charge in [0.05, 0.1) is 19.0 Å². The molecule has 3 aromatic carbocycles. The largest absolute Gasteiger partial charge is 0.395 e. The number of imidazole rings is 1. The molecule has 13 N–H and O–H groups in total. The maximum Gasteiger partial charge on any atom is 0.243 e. The van der Waals surface area contributed by atoms with E-state index in [-0.39, 0.29) is 31.9 Å². The molecule has 16 nitrogen and oxygen atoms in total. The quantitative estimate of drug-likeness (QED) is 0.0398. The summed E-state index contributed by atoms with van der Waals surface area (Å²) in [5.41, 5.74) is 17.0. The van der Waals surface area contributed by atoms with Crippen LogP contribution in [0.1, 0.15) is 48.6 Å². The van der Waals surface area contributed by atoms with Crippen molar-refractivity contribution < 1.29 is 24.3 Å². The highest BCUT2D eigenvalue weighted by atomic mass is 16.3. The van der Waals surface area contributed by atoms with E-state index >= 15 is 0 Å². The summed E-state index contributed by atoms with van der Waals surface area (Å²) < 4.78 is 0. The van der Waals surface area contributed by atoms with Gasteiger partial charge in [-0.25, -0.2) is 4.98 Å². The lowest BCUT2D eigenvalue weighted by molar-refractivity contribution is -0.133. The number of fused-ring (bicyclic) bond motifs is 2. The number of rotatable bonds is 24. The monoisotopic (exact) mass is 845 g/mol. The fourth-order valence-electron chi connectivity index (χ4n) is 7.62. The zero-order valence-corrected chi connectivity index (χ0v) is 35.0. The smallest absolute Gasteiger partial charge is 0.243 e. The highest BCUT2D eigenvalue weighted by Crippen LogP contribution is 2.21. The summed E-state index contributed by atoms with van der Waals surface area (Å²) in [5.74, 6) is -2.15. The van der Waals surface area contributed by atoms with Crippen LogP contribution in [-0.2, 0) is 44.9 Å². The predicted octanol–water partition coefficient (Wildman–Crippen LogP) is 2.01. The first kappa shape index (κ1) is 45.2. The van der Waals surface area contributed by atoms with Crippen LogP contribution >= 0.6 is 0 Å². The first-order valence-electron chi connectivity index (χ1n) is 21.2. The van der Waals surface area contributed by atoms with Crippen molar-refractivity contribution >= 4 is 45.4 Å².